The summed E-state index contributed by atoms with van der Waals surface area (Å²) in [5.41, 5.74) is 1.09. The molecular weight excluding hydrogens is 272 g/mol. The van der Waals surface area contributed by atoms with Crippen LogP contribution in [0.5, 0.6) is 11.5 Å². The van der Waals surface area contributed by atoms with Crippen molar-refractivity contribution in [2.75, 3.05) is 41.0 Å². The van der Waals surface area contributed by atoms with Crippen molar-refractivity contribution in [1.82, 2.24) is 10.2 Å². The molecule has 21 heavy (non-hydrogen) atoms. The van der Waals surface area contributed by atoms with E-state index in [0.29, 0.717) is 13.2 Å². The van der Waals surface area contributed by atoms with Crippen molar-refractivity contribution < 1.29 is 19.0 Å². The molecule has 0 aromatic heterocycles. The number of benzene rings is 1. The van der Waals surface area contributed by atoms with E-state index in [9.17, 15) is 4.79 Å². The highest BCUT2D eigenvalue weighted by molar-refractivity contribution is 5.80. The van der Waals surface area contributed by atoms with E-state index in [1.165, 1.54) is 0 Å². The lowest BCUT2D eigenvalue weighted by Gasteiger charge is -2.32. The zero-order valence-corrected chi connectivity index (χ0v) is 12.7. The summed E-state index contributed by atoms with van der Waals surface area (Å²) in [6, 6.07) is 5.80. The third-order valence-corrected chi connectivity index (χ3v) is 3.51. The Balaban J connectivity index is 2.05. The highest BCUT2D eigenvalue weighted by Gasteiger charge is 2.25. The molecule has 0 spiro atoms. The largest absolute Gasteiger partial charge is 0.497 e. The molecule has 0 aliphatic carbocycles. The maximum Gasteiger partial charge on any atom is 0.250 e. The summed E-state index contributed by atoms with van der Waals surface area (Å²) in [4.78, 5) is 13.9. The lowest BCUT2D eigenvalue weighted by atomic mass is 10.1. The van der Waals surface area contributed by atoms with E-state index < -0.39 is 6.10 Å². The van der Waals surface area contributed by atoms with E-state index >= 15 is 0 Å². The Kier molecular flexibility index (Phi) is 5.41. The molecule has 1 aliphatic rings. The monoisotopic (exact) mass is 294 g/mol. The second-order valence-electron chi connectivity index (χ2n) is 4.93. The summed E-state index contributed by atoms with van der Waals surface area (Å²) in [5, 5.41) is 2.62. The van der Waals surface area contributed by atoms with Crippen molar-refractivity contribution in [2.45, 2.75) is 12.6 Å². The van der Waals surface area contributed by atoms with Crippen LogP contribution in [-0.2, 0) is 16.1 Å². The maximum absolute atomic E-state index is 11.7. The number of hydrogen-bond donors (Lipinski definition) is 1. The van der Waals surface area contributed by atoms with Crippen molar-refractivity contribution >= 4 is 5.91 Å². The van der Waals surface area contributed by atoms with Crippen LogP contribution in [0.3, 0.4) is 0 Å². The molecule has 1 saturated heterocycles. The predicted octanol–water partition coefficient (Wildman–Crippen LogP) is 0.651. The van der Waals surface area contributed by atoms with Gasteiger partial charge in [-0.25, -0.2) is 0 Å². The fraction of sp³-hybridized carbons (Fsp3) is 0.533. The normalized spacial score (nSPS) is 19.1. The van der Waals surface area contributed by atoms with Crippen LogP contribution >= 0.6 is 0 Å². The van der Waals surface area contributed by atoms with Gasteiger partial charge in [-0.15, -0.1) is 0 Å². The van der Waals surface area contributed by atoms with Gasteiger partial charge in [-0.1, -0.05) is 0 Å². The highest BCUT2D eigenvalue weighted by Crippen LogP contribution is 2.24. The van der Waals surface area contributed by atoms with Gasteiger partial charge in [0.2, 0.25) is 5.91 Å². The van der Waals surface area contributed by atoms with Crippen LogP contribution in [0.4, 0.5) is 0 Å². The quantitative estimate of drug-likeness (QED) is 0.864. The molecule has 1 aromatic rings. The van der Waals surface area contributed by atoms with Crippen LogP contribution in [0.15, 0.2) is 18.2 Å². The van der Waals surface area contributed by atoms with E-state index in [1.54, 1.807) is 21.3 Å². The highest BCUT2D eigenvalue weighted by atomic mass is 16.5. The second kappa shape index (κ2) is 7.28. The minimum absolute atomic E-state index is 0.0806. The summed E-state index contributed by atoms with van der Waals surface area (Å²) in [6.07, 6.45) is -0.406. The van der Waals surface area contributed by atoms with Gasteiger partial charge < -0.3 is 19.5 Å². The van der Waals surface area contributed by atoms with Crippen LogP contribution in [-0.4, -0.2) is 57.9 Å². The lowest BCUT2D eigenvalue weighted by molar-refractivity contribution is -0.138. The number of amides is 1. The van der Waals surface area contributed by atoms with Crippen LogP contribution in [0, 0.1) is 0 Å². The average Bonchev–Trinajstić information content (AvgIpc) is 2.53. The van der Waals surface area contributed by atoms with E-state index in [1.807, 2.05) is 18.2 Å². The van der Waals surface area contributed by atoms with E-state index in [-0.39, 0.29) is 5.91 Å². The molecular formula is C15H22N2O4. The number of ether oxygens (including phenoxy) is 3. The molecule has 0 saturated carbocycles. The summed E-state index contributed by atoms with van der Waals surface area (Å²) in [7, 11) is 4.89. The molecule has 1 N–H and O–H groups in total. The molecule has 1 heterocycles. The zero-order chi connectivity index (χ0) is 15.2. The number of rotatable bonds is 5. The molecule has 6 nitrogen and oxygen atoms in total. The average molecular weight is 294 g/mol. The topological polar surface area (TPSA) is 60.0 Å². The molecule has 1 unspecified atom stereocenters. The van der Waals surface area contributed by atoms with Gasteiger partial charge in [0.15, 0.2) is 0 Å². The van der Waals surface area contributed by atoms with Gasteiger partial charge in [-0.3, -0.25) is 9.69 Å². The molecule has 0 bridgehead atoms. The Morgan fingerprint density at radius 3 is 2.57 bits per heavy atom. The van der Waals surface area contributed by atoms with Gasteiger partial charge >= 0.3 is 0 Å². The number of nitrogens with one attached hydrogen (secondary N) is 1. The smallest absolute Gasteiger partial charge is 0.250 e. The van der Waals surface area contributed by atoms with Crippen molar-refractivity contribution in [3.8, 4) is 11.5 Å². The first-order chi connectivity index (χ1) is 10.2. The van der Waals surface area contributed by atoms with Crippen molar-refractivity contribution in [3.05, 3.63) is 23.8 Å². The summed E-state index contributed by atoms with van der Waals surface area (Å²) < 4.78 is 16.0. The minimum Gasteiger partial charge on any atom is -0.497 e. The number of carbonyl (C=O) groups is 1. The van der Waals surface area contributed by atoms with Gasteiger partial charge in [-0.05, 0) is 17.7 Å². The maximum atomic E-state index is 11.7. The number of nitrogens with zero attached hydrogens (tertiary/aromatic N) is 1. The first-order valence-corrected chi connectivity index (χ1v) is 6.93. The van der Waals surface area contributed by atoms with Gasteiger partial charge in [0.25, 0.3) is 0 Å². The molecule has 6 heteroatoms. The fourth-order valence-corrected chi connectivity index (χ4v) is 2.38. The Labute approximate surface area is 125 Å². The molecule has 0 radical (unpaired) electrons. The number of likely N-dealkylation sites (N-methyl/N-ethyl adjacent to an activating group) is 1. The molecule has 1 fully saturated rings. The van der Waals surface area contributed by atoms with Crippen LogP contribution in [0.1, 0.15) is 5.56 Å². The standard InChI is InChI=1S/C15H22N2O4/c1-16-15(18)14-10-17(4-5-21-14)9-11-6-12(19-2)8-13(7-11)20-3/h6-8,14H,4-5,9-10H2,1-3H3,(H,16,18). The fourth-order valence-electron chi connectivity index (χ4n) is 2.38. The Bertz CT molecular complexity index is 470. The van der Waals surface area contributed by atoms with Gasteiger partial charge in [0.1, 0.15) is 17.6 Å². The minimum atomic E-state index is -0.406. The van der Waals surface area contributed by atoms with Gasteiger partial charge in [0.05, 0.1) is 20.8 Å². The van der Waals surface area contributed by atoms with E-state index in [0.717, 1.165) is 30.2 Å². The zero-order valence-electron chi connectivity index (χ0n) is 12.7. The van der Waals surface area contributed by atoms with Crippen molar-refractivity contribution in [2.24, 2.45) is 0 Å². The lowest BCUT2D eigenvalue weighted by Crippen LogP contribution is -2.48. The summed E-state index contributed by atoms with van der Waals surface area (Å²) in [6.45, 7) is 2.66. The number of morpholine rings is 1. The van der Waals surface area contributed by atoms with Crippen LogP contribution in [0.2, 0.25) is 0 Å². The van der Waals surface area contributed by atoms with Gasteiger partial charge in [-0.2, -0.15) is 0 Å². The Hall–Kier alpha value is -1.79. The molecule has 2 rings (SSSR count). The predicted molar refractivity (Wildman–Crippen MR) is 78.6 cm³/mol. The number of hydrogen-bond acceptors (Lipinski definition) is 5. The summed E-state index contributed by atoms with van der Waals surface area (Å²) in [5.74, 6) is 1.45. The van der Waals surface area contributed by atoms with E-state index in [4.69, 9.17) is 14.2 Å². The third kappa shape index (κ3) is 4.09. The molecule has 1 atom stereocenters. The first kappa shape index (κ1) is 15.6. The van der Waals surface area contributed by atoms with Gasteiger partial charge in [0, 0.05) is 32.7 Å². The Morgan fingerprint density at radius 1 is 1.33 bits per heavy atom. The van der Waals surface area contributed by atoms with Crippen molar-refractivity contribution in [1.29, 1.82) is 0 Å². The number of methoxy groups -OCH3 is 2. The Morgan fingerprint density at radius 2 is 2.00 bits per heavy atom. The molecule has 116 valence electrons. The van der Waals surface area contributed by atoms with Crippen molar-refractivity contribution in [3.63, 3.8) is 0 Å². The van der Waals surface area contributed by atoms with Crippen LogP contribution < -0.4 is 14.8 Å². The number of carbonyl (C=O) groups excluding carboxylic acids is 1. The molecule has 1 aliphatic heterocycles. The van der Waals surface area contributed by atoms with E-state index in [2.05, 4.69) is 10.2 Å². The first-order valence-electron chi connectivity index (χ1n) is 6.93. The second-order valence-corrected chi connectivity index (χ2v) is 4.93. The molecule has 1 aromatic carbocycles. The summed E-state index contributed by atoms with van der Waals surface area (Å²) >= 11 is 0. The third-order valence-electron chi connectivity index (χ3n) is 3.51. The van der Waals surface area contributed by atoms with Crippen LogP contribution in [0.25, 0.3) is 0 Å². The SMILES string of the molecule is CNC(=O)C1CN(Cc2cc(OC)cc(OC)c2)CCO1. The molecule has 1 amide bonds.